The van der Waals surface area contributed by atoms with E-state index < -0.39 is 0 Å². The third kappa shape index (κ3) is 26.3. The van der Waals surface area contributed by atoms with Gasteiger partial charge in [0.15, 0.2) is 0 Å². The molecule has 0 aliphatic rings. The van der Waals surface area contributed by atoms with Gasteiger partial charge in [0, 0.05) is 0 Å². The van der Waals surface area contributed by atoms with Crippen molar-refractivity contribution in [2.75, 3.05) is 0 Å². The summed E-state index contributed by atoms with van der Waals surface area (Å²) in [6.45, 7) is 10.5. The minimum absolute atomic E-state index is 0.833. The molecule has 0 spiro atoms. The van der Waals surface area contributed by atoms with Crippen molar-refractivity contribution in [1.82, 2.24) is 10.2 Å². The zero-order valence-corrected chi connectivity index (χ0v) is 8.85. The highest BCUT2D eigenvalue weighted by atomic mass is 32.1. The van der Waals surface area contributed by atoms with Gasteiger partial charge in [0.2, 0.25) is 0 Å². The van der Waals surface area contributed by atoms with E-state index in [0.717, 1.165) is 5.92 Å². The van der Waals surface area contributed by atoms with Crippen molar-refractivity contribution in [2.24, 2.45) is 5.92 Å². The maximum absolute atomic E-state index is 3.49. The van der Waals surface area contributed by atoms with Gasteiger partial charge in [-0.25, -0.2) is 0 Å². The second-order valence-electron chi connectivity index (χ2n) is 2.31. The molecule has 0 aliphatic heterocycles. The van der Waals surface area contributed by atoms with E-state index in [1.807, 2.05) is 13.8 Å². The molecule has 1 rings (SSSR count). The Balaban J connectivity index is 0. The summed E-state index contributed by atoms with van der Waals surface area (Å²) < 4.78 is 0. The van der Waals surface area contributed by atoms with Crippen LogP contribution in [0.15, 0.2) is 11.0 Å². The lowest BCUT2D eigenvalue weighted by Crippen LogP contribution is -1.66. The molecule has 0 unspecified atom stereocenters. The third-order valence-electron chi connectivity index (χ3n) is 0.283. The summed E-state index contributed by atoms with van der Waals surface area (Å²) in [6, 6.07) is 0. The normalized spacial score (nSPS) is 7.45. The summed E-state index contributed by atoms with van der Waals surface area (Å²) in [4.78, 5) is 0. The fraction of sp³-hybridized carbons (Fsp3) is 0.750. The zero-order valence-electron chi connectivity index (χ0n) is 8.03. The Labute approximate surface area is 73.7 Å². The highest BCUT2D eigenvalue weighted by Gasteiger charge is 1.68. The van der Waals surface area contributed by atoms with Crippen molar-refractivity contribution in [3.63, 3.8) is 0 Å². The van der Waals surface area contributed by atoms with Crippen molar-refractivity contribution in [3.05, 3.63) is 11.0 Å². The molecule has 1 aromatic rings. The van der Waals surface area contributed by atoms with E-state index in [1.54, 1.807) is 11.0 Å². The van der Waals surface area contributed by atoms with Crippen molar-refractivity contribution in [2.45, 2.75) is 34.6 Å². The molecule has 3 heteroatoms. The summed E-state index contributed by atoms with van der Waals surface area (Å²) in [5.74, 6) is 0.833. The molecule has 0 atom stereocenters. The van der Waals surface area contributed by atoms with Crippen molar-refractivity contribution in [1.29, 1.82) is 0 Å². The molecule has 66 valence electrons. The predicted molar refractivity (Wildman–Crippen MR) is 51.8 cm³/mol. The Morgan fingerprint density at radius 1 is 1.00 bits per heavy atom. The van der Waals surface area contributed by atoms with E-state index in [1.165, 1.54) is 11.3 Å². The molecule has 0 aliphatic carbocycles. The standard InChI is InChI=1S/C4H10.C2H2N2S.C2H6/c1-4(2)3;1-3-4-2-5-1;1-2/h4H,1-3H3;1-2H;1-2H3. The van der Waals surface area contributed by atoms with Crippen LogP contribution in [0, 0.1) is 5.92 Å². The van der Waals surface area contributed by atoms with Crippen LogP contribution in [0.3, 0.4) is 0 Å². The SMILES string of the molecule is CC.CC(C)C.c1nncs1. The topological polar surface area (TPSA) is 25.8 Å². The van der Waals surface area contributed by atoms with Crippen LogP contribution in [0.5, 0.6) is 0 Å². The van der Waals surface area contributed by atoms with E-state index in [0.29, 0.717) is 0 Å². The molecule has 0 saturated heterocycles. The van der Waals surface area contributed by atoms with Gasteiger partial charge in [0.05, 0.1) is 0 Å². The van der Waals surface area contributed by atoms with Crippen molar-refractivity contribution >= 4 is 11.3 Å². The molecular weight excluding hydrogens is 156 g/mol. The fourth-order valence-corrected chi connectivity index (χ4v) is 0.408. The Hall–Kier alpha value is -0.440. The first-order valence-electron chi connectivity index (χ1n) is 3.92. The average molecular weight is 174 g/mol. The van der Waals surface area contributed by atoms with Crippen LogP contribution in [0.1, 0.15) is 34.6 Å². The first-order valence-corrected chi connectivity index (χ1v) is 4.86. The smallest absolute Gasteiger partial charge is 0.103 e. The van der Waals surface area contributed by atoms with Crippen LogP contribution >= 0.6 is 11.3 Å². The molecule has 0 bridgehead atoms. The number of hydrogen-bond acceptors (Lipinski definition) is 3. The van der Waals surface area contributed by atoms with E-state index in [2.05, 4.69) is 31.0 Å². The molecule has 0 saturated carbocycles. The van der Waals surface area contributed by atoms with E-state index >= 15 is 0 Å². The van der Waals surface area contributed by atoms with E-state index in [9.17, 15) is 0 Å². The molecule has 0 aromatic carbocycles. The lowest BCUT2D eigenvalue weighted by Gasteiger charge is -1.79. The molecule has 1 heterocycles. The first-order chi connectivity index (χ1) is 5.23. The monoisotopic (exact) mass is 174 g/mol. The van der Waals surface area contributed by atoms with Crippen LogP contribution in [0.2, 0.25) is 0 Å². The second kappa shape index (κ2) is 12.3. The van der Waals surface area contributed by atoms with Gasteiger partial charge in [-0.1, -0.05) is 34.6 Å². The van der Waals surface area contributed by atoms with Gasteiger partial charge in [0.25, 0.3) is 0 Å². The highest BCUT2D eigenvalue weighted by Crippen LogP contribution is 1.81. The maximum Gasteiger partial charge on any atom is 0.103 e. The van der Waals surface area contributed by atoms with Gasteiger partial charge in [-0.2, -0.15) is 0 Å². The Morgan fingerprint density at radius 3 is 1.36 bits per heavy atom. The summed E-state index contributed by atoms with van der Waals surface area (Å²) in [6.07, 6.45) is 0. The van der Waals surface area contributed by atoms with Gasteiger partial charge in [-0.15, -0.1) is 21.5 Å². The van der Waals surface area contributed by atoms with Crippen LogP contribution in [0.4, 0.5) is 0 Å². The van der Waals surface area contributed by atoms with Crippen LogP contribution in [-0.2, 0) is 0 Å². The van der Waals surface area contributed by atoms with Gasteiger partial charge in [-0.05, 0) is 5.92 Å². The van der Waals surface area contributed by atoms with Crippen LogP contribution < -0.4 is 0 Å². The van der Waals surface area contributed by atoms with Crippen LogP contribution in [0.25, 0.3) is 0 Å². The average Bonchev–Trinajstić information content (AvgIpc) is 2.44. The third-order valence-corrected chi connectivity index (χ3v) is 0.715. The minimum atomic E-state index is 0.833. The van der Waals surface area contributed by atoms with Gasteiger partial charge in [-0.3, -0.25) is 0 Å². The van der Waals surface area contributed by atoms with E-state index in [4.69, 9.17) is 0 Å². The lowest BCUT2D eigenvalue weighted by molar-refractivity contribution is 0.737. The van der Waals surface area contributed by atoms with Crippen LogP contribution in [-0.4, -0.2) is 10.2 Å². The van der Waals surface area contributed by atoms with Gasteiger partial charge < -0.3 is 0 Å². The van der Waals surface area contributed by atoms with Gasteiger partial charge in [0.1, 0.15) is 11.0 Å². The summed E-state index contributed by atoms with van der Waals surface area (Å²) >= 11 is 1.49. The Bertz CT molecular complexity index is 95.7. The molecule has 11 heavy (non-hydrogen) atoms. The molecular formula is C8H18N2S. The zero-order chi connectivity index (χ0) is 9.11. The second-order valence-corrected chi connectivity index (χ2v) is 3.00. The Kier molecular flexibility index (Phi) is 14.7. The number of nitrogens with zero attached hydrogens (tertiary/aromatic N) is 2. The fourth-order valence-electron chi connectivity index (χ4n) is 0.136. The number of hydrogen-bond donors (Lipinski definition) is 0. The number of aromatic nitrogens is 2. The molecule has 0 amide bonds. The lowest BCUT2D eigenvalue weighted by atomic mass is 10.3. The van der Waals surface area contributed by atoms with Crippen molar-refractivity contribution in [3.8, 4) is 0 Å². The van der Waals surface area contributed by atoms with E-state index in [-0.39, 0.29) is 0 Å². The quantitative estimate of drug-likeness (QED) is 0.603. The predicted octanol–water partition coefficient (Wildman–Crippen LogP) is 3.23. The molecule has 0 fully saturated rings. The largest absolute Gasteiger partial charge is 0.147 e. The maximum atomic E-state index is 3.49. The minimum Gasteiger partial charge on any atom is -0.147 e. The first kappa shape index (κ1) is 13.2. The molecule has 0 radical (unpaired) electrons. The number of rotatable bonds is 0. The summed E-state index contributed by atoms with van der Waals surface area (Å²) in [5.41, 5.74) is 3.36. The summed E-state index contributed by atoms with van der Waals surface area (Å²) in [5, 5.41) is 6.98. The van der Waals surface area contributed by atoms with Crippen molar-refractivity contribution < 1.29 is 0 Å². The Morgan fingerprint density at radius 2 is 1.27 bits per heavy atom. The molecule has 0 N–H and O–H groups in total. The molecule has 2 nitrogen and oxygen atoms in total. The molecule has 1 aromatic heterocycles. The van der Waals surface area contributed by atoms with Gasteiger partial charge >= 0.3 is 0 Å². The summed E-state index contributed by atoms with van der Waals surface area (Å²) in [7, 11) is 0. The highest BCUT2D eigenvalue weighted by molar-refractivity contribution is 7.07.